The molecule has 0 radical (unpaired) electrons. The average molecular weight is 542 g/mol. The molecule has 4 heterocycles. The van der Waals surface area contributed by atoms with Crippen LogP contribution in [-0.2, 0) is 13.6 Å². The van der Waals surface area contributed by atoms with Gasteiger partial charge in [-0.1, -0.05) is 35.9 Å². The Bertz CT molecular complexity index is 1810. The standard InChI is InChI=1S/C27H27N9O2S/c1-17(32-26(37)23-24(28)33-36-11-5-10-30-25(23)36)21-14-20-7-4-6-19(9-8-18-15-31-34(3)16-18)22(20)27(38)35(21)12-13-39-29-2/h4-7,10-11,14-17,29H,12-13H2,1-3H3,(H2,28,33)(H,32,37)/t17-/m0/s1. The van der Waals surface area contributed by atoms with E-state index in [0.29, 0.717) is 34.6 Å². The Labute approximate surface area is 228 Å². The minimum absolute atomic E-state index is 0.0801. The number of fused-ring (bicyclic) bond motifs is 2. The van der Waals surface area contributed by atoms with Gasteiger partial charge in [0.05, 0.1) is 23.2 Å². The lowest BCUT2D eigenvalue weighted by atomic mass is 10.0. The molecule has 0 aliphatic rings. The summed E-state index contributed by atoms with van der Waals surface area (Å²) in [6.07, 6.45) is 6.75. The zero-order valence-electron chi connectivity index (χ0n) is 21.7. The molecule has 198 valence electrons. The van der Waals surface area contributed by atoms with E-state index in [1.54, 1.807) is 33.9 Å². The molecule has 12 heteroatoms. The first-order valence-electron chi connectivity index (χ1n) is 12.2. The first kappa shape index (κ1) is 26.0. The van der Waals surface area contributed by atoms with Gasteiger partial charge in [0.2, 0.25) is 0 Å². The van der Waals surface area contributed by atoms with Crippen LogP contribution in [0.5, 0.6) is 0 Å². The molecule has 0 bridgehead atoms. The summed E-state index contributed by atoms with van der Waals surface area (Å²) in [4.78, 5) is 31.5. The lowest BCUT2D eigenvalue weighted by Crippen LogP contribution is -2.33. The highest BCUT2D eigenvalue weighted by Gasteiger charge is 2.23. The largest absolute Gasteiger partial charge is 0.381 e. The van der Waals surface area contributed by atoms with Crippen molar-refractivity contribution >= 4 is 40.1 Å². The second kappa shape index (κ2) is 11.0. The van der Waals surface area contributed by atoms with Crippen molar-refractivity contribution in [3.63, 3.8) is 0 Å². The molecule has 5 rings (SSSR count). The third-order valence-corrected chi connectivity index (χ3v) is 6.89. The summed E-state index contributed by atoms with van der Waals surface area (Å²) < 4.78 is 7.88. The molecule has 0 unspecified atom stereocenters. The fourth-order valence-corrected chi connectivity index (χ4v) is 4.92. The summed E-state index contributed by atoms with van der Waals surface area (Å²) in [5.41, 5.74) is 8.48. The van der Waals surface area contributed by atoms with E-state index in [9.17, 15) is 9.59 Å². The van der Waals surface area contributed by atoms with Gasteiger partial charge in [0.15, 0.2) is 11.5 Å². The maximum absolute atomic E-state index is 13.9. The van der Waals surface area contributed by atoms with E-state index in [2.05, 4.69) is 37.1 Å². The van der Waals surface area contributed by atoms with Crippen LogP contribution in [0.15, 0.2) is 59.9 Å². The number of anilines is 1. The topological polar surface area (TPSA) is 137 Å². The third-order valence-electron chi connectivity index (χ3n) is 6.22. The van der Waals surface area contributed by atoms with E-state index in [1.165, 1.54) is 16.5 Å². The van der Waals surface area contributed by atoms with Crippen molar-refractivity contribution in [3.05, 3.63) is 87.9 Å². The molecule has 1 atom stereocenters. The normalized spacial score (nSPS) is 11.9. The fraction of sp³-hybridized carbons (Fsp3) is 0.222. The number of aryl methyl sites for hydroxylation is 1. The van der Waals surface area contributed by atoms with Crippen molar-refractivity contribution < 1.29 is 4.79 Å². The Morgan fingerprint density at radius 1 is 1.26 bits per heavy atom. The minimum Gasteiger partial charge on any atom is -0.381 e. The molecule has 39 heavy (non-hydrogen) atoms. The van der Waals surface area contributed by atoms with Gasteiger partial charge in [-0.25, -0.2) is 9.50 Å². The van der Waals surface area contributed by atoms with Gasteiger partial charge in [0, 0.05) is 49.2 Å². The minimum atomic E-state index is -0.516. The number of nitrogens with one attached hydrogen (secondary N) is 2. The van der Waals surface area contributed by atoms with Crippen LogP contribution in [0.1, 0.15) is 40.1 Å². The van der Waals surface area contributed by atoms with Crippen LogP contribution >= 0.6 is 11.9 Å². The predicted octanol–water partition coefficient (Wildman–Crippen LogP) is 2.12. The summed E-state index contributed by atoms with van der Waals surface area (Å²) in [5, 5.41) is 12.6. The monoisotopic (exact) mass is 541 g/mol. The zero-order chi connectivity index (χ0) is 27.5. The summed E-state index contributed by atoms with van der Waals surface area (Å²) in [7, 11) is 3.66. The van der Waals surface area contributed by atoms with Gasteiger partial charge >= 0.3 is 0 Å². The first-order valence-corrected chi connectivity index (χ1v) is 13.2. The Hall–Kier alpha value is -4.60. The molecule has 0 aliphatic carbocycles. The molecular formula is C27H27N9O2S. The van der Waals surface area contributed by atoms with Crippen molar-refractivity contribution in [1.29, 1.82) is 0 Å². The third kappa shape index (κ3) is 5.22. The second-order valence-corrected chi connectivity index (χ2v) is 9.95. The first-order chi connectivity index (χ1) is 18.9. The van der Waals surface area contributed by atoms with E-state index >= 15 is 0 Å². The number of carbonyl (C=O) groups is 1. The SMILES string of the molecule is CNSCCn1c([C@H](C)NC(=O)c2c(N)nn3cccnc23)cc2cccc(C#Cc3cnn(C)c3)c2c1=O. The van der Waals surface area contributed by atoms with Crippen molar-refractivity contribution in [2.75, 3.05) is 18.5 Å². The van der Waals surface area contributed by atoms with Gasteiger partial charge in [-0.3, -0.25) is 19.0 Å². The number of benzene rings is 1. The Kier molecular flexibility index (Phi) is 7.36. The number of carbonyl (C=O) groups excluding carboxylic acids is 1. The molecule has 0 aliphatic heterocycles. The second-order valence-electron chi connectivity index (χ2n) is 8.84. The van der Waals surface area contributed by atoms with Crippen LogP contribution in [0.2, 0.25) is 0 Å². The summed E-state index contributed by atoms with van der Waals surface area (Å²) in [6, 6.07) is 8.70. The number of aromatic nitrogens is 6. The summed E-state index contributed by atoms with van der Waals surface area (Å²) >= 11 is 1.50. The molecule has 11 nitrogen and oxygen atoms in total. The van der Waals surface area contributed by atoms with Crippen LogP contribution in [0.4, 0.5) is 5.82 Å². The summed E-state index contributed by atoms with van der Waals surface area (Å²) in [6.45, 7) is 2.27. The van der Waals surface area contributed by atoms with E-state index in [1.807, 2.05) is 51.5 Å². The van der Waals surface area contributed by atoms with Gasteiger partial charge in [0.25, 0.3) is 11.5 Å². The van der Waals surface area contributed by atoms with E-state index < -0.39 is 11.9 Å². The molecule has 1 aromatic carbocycles. The van der Waals surface area contributed by atoms with Gasteiger partial charge < -0.3 is 15.6 Å². The van der Waals surface area contributed by atoms with Gasteiger partial charge in [-0.2, -0.15) is 5.10 Å². The molecule has 0 saturated carbocycles. The van der Waals surface area contributed by atoms with Crippen LogP contribution in [0.25, 0.3) is 16.4 Å². The number of amides is 1. The van der Waals surface area contributed by atoms with Crippen molar-refractivity contribution in [1.82, 2.24) is 39.0 Å². The fourth-order valence-electron chi connectivity index (χ4n) is 4.44. The maximum Gasteiger partial charge on any atom is 0.259 e. The molecule has 1 amide bonds. The number of nitrogens with two attached hydrogens (primary N) is 1. The molecule has 0 saturated heterocycles. The number of nitrogens with zero attached hydrogens (tertiary/aromatic N) is 6. The van der Waals surface area contributed by atoms with Crippen molar-refractivity contribution in [2.45, 2.75) is 19.5 Å². The molecule has 0 spiro atoms. The highest BCUT2D eigenvalue weighted by molar-refractivity contribution is 7.97. The predicted molar refractivity (Wildman–Crippen MR) is 152 cm³/mol. The van der Waals surface area contributed by atoms with Gasteiger partial charge in [0.1, 0.15) is 5.56 Å². The van der Waals surface area contributed by atoms with Gasteiger partial charge in [-0.15, -0.1) is 5.10 Å². The van der Waals surface area contributed by atoms with E-state index in [-0.39, 0.29) is 16.9 Å². The van der Waals surface area contributed by atoms with Crippen molar-refractivity contribution in [3.8, 4) is 11.8 Å². The van der Waals surface area contributed by atoms with Crippen LogP contribution < -0.4 is 21.3 Å². The molecule has 4 N–H and O–H groups in total. The van der Waals surface area contributed by atoms with Crippen LogP contribution in [0.3, 0.4) is 0 Å². The number of rotatable bonds is 7. The zero-order valence-corrected chi connectivity index (χ0v) is 22.5. The molecule has 4 aromatic heterocycles. The average Bonchev–Trinajstić information content (AvgIpc) is 3.49. The smallest absolute Gasteiger partial charge is 0.259 e. The van der Waals surface area contributed by atoms with Gasteiger partial charge in [-0.05, 0) is 37.6 Å². The highest BCUT2D eigenvalue weighted by atomic mass is 32.2. The number of hydrogen-bond donors (Lipinski definition) is 3. The Morgan fingerprint density at radius 3 is 2.87 bits per heavy atom. The number of pyridine rings is 1. The Morgan fingerprint density at radius 2 is 2.10 bits per heavy atom. The van der Waals surface area contributed by atoms with Crippen LogP contribution in [0, 0.1) is 11.8 Å². The number of hydrogen-bond acceptors (Lipinski definition) is 8. The number of nitrogen functional groups attached to an aromatic ring is 1. The molecule has 5 aromatic rings. The molecular weight excluding hydrogens is 514 g/mol. The van der Waals surface area contributed by atoms with Crippen LogP contribution in [-0.4, -0.2) is 47.7 Å². The lowest BCUT2D eigenvalue weighted by Gasteiger charge is -2.21. The van der Waals surface area contributed by atoms with Crippen molar-refractivity contribution in [2.24, 2.45) is 7.05 Å². The lowest BCUT2D eigenvalue weighted by molar-refractivity contribution is 0.0940. The molecule has 0 fully saturated rings. The summed E-state index contributed by atoms with van der Waals surface area (Å²) in [5.74, 6) is 6.54. The van der Waals surface area contributed by atoms with E-state index in [4.69, 9.17) is 5.73 Å². The highest BCUT2D eigenvalue weighted by Crippen LogP contribution is 2.22. The quantitative estimate of drug-likeness (QED) is 0.162. The van der Waals surface area contributed by atoms with E-state index in [0.717, 1.165) is 10.9 Å². The Balaban J connectivity index is 1.56. The maximum atomic E-state index is 13.9.